The summed E-state index contributed by atoms with van der Waals surface area (Å²) in [6.45, 7) is 9.35. The molecule has 0 spiro atoms. The Hall–Kier alpha value is -1.20. The molecule has 0 aliphatic rings. The van der Waals surface area contributed by atoms with E-state index in [9.17, 15) is 0 Å². The third-order valence-electron chi connectivity index (χ3n) is 2.62. The van der Waals surface area contributed by atoms with Gasteiger partial charge in [0.05, 0.1) is 13.2 Å². The molecule has 108 valence electrons. The van der Waals surface area contributed by atoms with E-state index in [4.69, 9.17) is 4.74 Å². The van der Waals surface area contributed by atoms with E-state index in [-0.39, 0.29) is 0 Å². The summed E-state index contributed by atoms with van der Waals surface area (Å²) in [6.07, 6.45) is 0. The van der Waals surface area contributed by atoms with Gasteiger partial charge in [-0.15, -0.1) is 0 Å². The lowest BCUT2D eigenvalue weighted by Crippen LogP contribution is -2.20. The molecule has 1 aromatic rings. The number of hydrogen-bond acceptors (Lipinski definition) is 5. The fraction of sp³-hybridized carbons (Fsp3) is 0.714. The van der Waals surface area contributed by atoms with Crippen LogP contribution in [0.15, 0.2) is 6.07 Å². The number of anilines is 1. The third-order valence-corrected chi connectivity index (χ3v) is 2.62. The highest BCUT2D eigenvalue weighted by Gasteiger charge is 2.05. The Morgan fingerprint density at radius 1 is 1.26 bits per heavy atom. The first-order chi connectivity index (χ1) is 8.99. The summed E-state index contributed by atoms with van der Waals surface area (Å²) in [5.74, 6) is 2.11. The molecule has 0 unspecified atom stereocenters. The molecule has 5 nitrogen and oxygen atoms in total. The summed E-state index contributed by atoms with van der Waals surface area (Å²) in [7, 11) is 4.08. The molecule has 0 bridgehead atoms. The van der Waals surface area contributed by atoms with Gasteiger partial charge in [-0.2, -0.15) is 0 Å². The van der Waals surface area contributed by atoms with Crippen molar-refractivity contribution >= 4 is 5.82 Å². The van der Waals surface area contributed by atoms with E-state index in [2.05, 4.69) is 34.0 Å². The van der Waals surface area contributed by atoms with E-state index in [1.807, 2.05) is 27.1 Å². The largest absolute Gasteiger partial charge is 0.378 e. The predicted molar refractivity (Wildman–Crippen MR) is 78.7 cm³/mol. The maximum absolute atomic E-state index is 5.53. The molecule has 0 fully saturated rings. The first kappa shape index (κ1) is 15.9. The molecule has 5 heteroatoms. The number of nitrogens with zero attached hydrogens (tertiary/aromatic N) is 3. The fourth-order valence-corrected chi connectivity index (χ4v) is 1.54. The van der Waals surface area contributed by atoms with E-state index >= 15 is 0 Å². The summed E-state index contributed by atoms with van der Waals surface area (Å²) < 4.78 is 5.53. The Labute approximate surface area is 116 Å². The van der Waals surface area contributed by atoms with Gasteiger partial charge in [0, 0.05) is 30.8 Å². The molecule has 0 atom stereocenters. The van der Waals surface area contributed by atoms with E-state index in [0.29, 0.717) is 12.5 Å². The van der Waals surface area contributed by atoms with Crippen LogP contribution in [0.2, 0.25) is 0 Å². The maximum Gasteiger partial charge on any atom is 0.133 e. The van der Waals surface area contributed by atoms with E-state index in [0.717, 1.165) is 37.0 Å². The van der Waals surface area contributed by atoms with Gasteiger partial charge < -0.3 is 15.0 Å². The zero-order chi connectivity index (χ0) is 14.3. The zero-order valence-corrected chi connectivity index (χ0v) is 12.7. The normalized spacial score (nSPS) is 11.3. The highest BCUT2D eigenvalue weighted by molar-refractivity contribution is 5.36. The lowest BCUT2D eigenvalue weighted by molar-refractivity contribution is 0.126. The molecule has 1 aromatic heterocycles. The van der Waals surface area contributed by atoms with Crippen LogP contribution in [0.4, 0.5) is 5.82 Å². The van der Waals surface area contributed by atoms with Gasteiger partial charge in [0.15, 0.2) is 0 Å². The topological polar surface area (TPSA) is 50.3 Å². The van der Waals surface area contributed by atoms with Crippen molar-refractivity contribution in [1.82, 2.24) is 14.9 Å². The van der Waals surface area contributed by atoms with Crippen LogP contribution >= 0.6 is 0 Å². The molecule has 1 N–H and O–H groups in total. The average Bonchev–Trinajstić information content (AvgIpc) is 2.32. The van der Waals surface area contributed by atoms with Gasteiger partial charge in [0.25, 0.3) is 0 Å². The molecule has 0 aliphatic carbocycles. The van der Waals surface area contributed by atoms with E-state index in [1.54, 1.807) is 0 Å². The van der Waals surface area contributed by atoms with Gasteiger partial charge >= 0.3 is 0 Å². The number of hydrogen-bond donors (Lipinski definition) is 1. The number of nitrogens with one attached hydrogen (secondary N) is 1. The van der Waals surface area contributed by atoms with Crippen LogP contribution in [0.3, 0.4) is 0 Å². The molecule has 19 heavy (non-hydrogen) atoms. The maximum atomic E-state index is 5.53. The molecular formula is C14H26N4O. The van der Waals surface area contributed by atoms with Gasteiger partial charge in [-0.1, -0.05) is 13.8 Å². The molecule has 0 saturated heterocycles. The van der Waals surface area contributed by atoms with Gasteiger partial charge in [-0.3, -0.25) is 0 Å². The average molecular weight is 266 g/mol. The fourth-order valence-electron chi connectivity index (χ4n) is 1.54. The first-order valence-corrected chi connectivity index (χ1v) is 6.81. The highest BCUT2D eigenvalue weighted by Crippen LogP contribution is 2.13. The van der Waals surface area contributed by atoms with Crippen molar-refractivity contribution in [3.05, 3.63) is 17.6 Å². The number of rotatable bonds is 8. The van der Waals surface area contributed by atoms with Gasteiger partial charge in [0.2, 0.25) is 0 Å². The van der Waals surface area contributed by atoms with Crippen LogP contribution in [0.25, 0.3) is 0 Å². The lowest BCUT2D eigenvalue weighted by atomic mass is 10.2. The van der Waals surface area contributed by atoms with Crippen molar-refractivity contribution in [3.63, 3.8) is 0 Å². The summed E-state index contributed by atoms with van der Waals surface area (Å²) in [6, 6.07) is 1.96. The van der Waals surface area contributed by atoms with Gasteiger partial charge in [-0.05, 0) is 21.0 Å². The van der Waals surface area contributed by atoms with Crippen molar-refractivity contribution < 1.29 is 4.74 Å². The SMILES string of the molecule is Cc1cc(NCCOCCN(C)C)nc(C(C)C)n1. The number of aryl methyl sites for hydroxylation is 1. The van der Waals surface area contributed by atoms with Crippen molar-refractivity contribution in [1.29, 1.82) is 0 Å². The Morgan fingerprint density at radius 2 is 2.00 bits per heavy atom. The molecule has 0 radical (unpaired) electrons. The molecule has 1 rings (SSSR count). The van der Waals surface area contributed by atoms with Crippen molar-refractivity contribution in [2.75, 3.05) is 45.7 Å². The van der Waals surface area contributed by atoms with E-state index in [1.165, 1.54) is 0 Å². The second-order valence-corrected chi connectivity index (χ2v) is 5.25. The smallest absolute Gasteiger partial charge is 0.133 e. The van der Waals surface area contributed by atoms with Crippen LogP contribution in [0.5, 0.6) is 0 Å². The number of likely N-dealkylation sites (N-methyl/N-ethyl adjacent to an activating group) is 1. The minimum Gasteiger partial charge on any atom is -0.378 e. The van der Waals surface area contributed by atoms with Gasteiger partial charge in [0.1, 0.15) is 11.6 Å². The molecular weight excluding hydrogens is 240 g/mol. The van der Waals surface area contributed by atoms with Crippen LogP contribution in [-0.4, -0.2) is 55.3 Å². The van der Waals surface area contributed by atoms with Gasteiger partial charge in [-0.25, -0.2) is 9.97 Å². The van der Waals surface area contributed by atoms with Crippen LogP contribution in [0.1, 0.15) is 31.3 Å². The molecule has 0 aliphatic heterocycles. The van der Waals surface area contributed by atoms with Crippen LogP contribution in [0, 0.1) is 6.92 Å². The minimum absolute atomic E-state index is 0.344. The third kappa shape index (κ3) is 6.50. The second kappa shape index (κ2) is 8.07. The van der Waals surface area contributed by atoms with Crippen molar-refractivity contribution in [3.8, 4) is 0 Å². The van der Waals surface area contributed by atoms with Crippen LogP contribution < -0.4 is 5.32 Å². The highest BCUT2D eigenvalue weighted by atomic mass is 16.5. The predicted octanol–water partition coefficient (Wildman–Crippen LogP) is 1.90. The molecule has 0 aromatic carbocycles. The Kier molecular flexibility index (Phi) is 6.73. The molecule has 0 saturated carbocycles. The molecule has 1 heterocycles. The summed E-state index contributed by atoms with van der Waals surface area (Å²) in [5, 5.41) is 3.28. The van der Waals surface area contributed by atoms with E-state index < -0.39 is 0 Å². The second-order valence-electron chi connectivity index (χ2n) is 5.25. The quantitative estimate of drug-likeness (QED) is 0.728. The summed E-state index contributed by atoms with van der Waals surface area (Å²) in [5.41, 5.74) is 0.995. The van der Waals surface area contributed by atoms with Crippen molar-refractivity contribution in [2.24, 2.45) is 0 Å². The first-order valence-electron chi connectivity index (χ1n) is 6.81. The zero-order valence-electron chi connectivity index (χ0n) is 12.7. The Balaban J connectivity index is 2.33. The molecule has 0 amide bonds. The number of ether oxygens (including phenoxy) is 1. The summed E-state index contributed by atoms with van der Waals surface area (Å²) in [4.78, 5) is 11.0. The minimum atomic E-state index is 0.344. The lowest BCUT2D eigenvalue weighted by Gasteiger charge is -2.12. The van der Waals surface area contributed by atoms with Crippen LogP contribution in [-0.2, 0) is 4.74 Å². The summed E-state index contributed by atoms with van der Waals surface area (Å²) >= 11 is 0. The Morgan fingerprint density at radius 3 is 2.63 bits per heavy atom. The van der Waals surface area contributed by atoms with Crippen molar-refractivity contribution in [2.45, 2.75) is 26.7 Å². The standard InChI is InChI=1S/C14H26N4O/c1-11(2)14-16-12(3)10-13(17-14)15-6-8-19-9-7-18(4)5/h10-11H,6-9H2,1-5H3,(H,15,16,17). The number of aromatic nitrogens is 2. The Bertz CT molecular complexity index is 380. The monoisotopic (exact) mass is 266 g/mol.